The largest absolute Gasteiger partial charge is 0.326 e. The Morgan fingerprint density at radius 2 is 1.96 bits per heavy atom. The highest BCUT2D eigenvalue weighted by molar-refractivity contribution is 7.10. The van der Waals surface area contributed by atoms with Crippen molar-refractivity contribution >= 4 is 34.3 Å². The van der Waals surface area contributed by atoms with Crippen molar-refractivity contribution in [1.82, 2.24) is 9.88 Å². The molecule has 0 radical (unpaired) electrons. The fourth-order valence-electron chi connectivity index (χ4n) is 2.48. The summed E-state index contributed by atoms with van der Waals surface area (Å²) in [4.78, 5) is 20.3. The standard InChI is InChI=1S/C19H21N3OS2/c1-14-5-7-15(8-6-14)20-18(23)10-19-21-16(13-25-19)11-22(2)12-17-4-3-9-24-17/h3-9,13H,10-12H2,1-2H3,(H,20,23). The quantitative estimate of drug-likeness (QED) is 0.672. The van der Waals surface area contributed by atoms with Crippen LogP contribution in [0, 0.1) is 6.92 Å². The van der Waals surface area contributed by atoms with Gasteiger partial charge in [0.25, 0.3) is 0 Å². The number of hydrogen-bond donors (Lipinski definition) is 1. The molecule has 0 spiro atoms. The molecule has 4 nitrogen and oxygen atoms in total. The minimum atomic E-state index is -0.0308. The number of carbonyl (C=O) groups excluding carboxylic acids is 1. The maximum absolute atomic E-state index is 12.2. The maximum Gasteiger partial charge on any atom is 0.231 e. The Labute approximate surface area is 156 Å². The van der Waals surface area contributed by atoms with Crippen LogP contribution in [0.15, 0.2) is 47.2 Å². The number of rotatable bonds is 7. The minimum absolute atomic E-state index is 0.0308. The number of thiophene rings is 1. The lowest BCUT2D eigenvalue weighted by atomic mass is 10.2. The average molecular weight is 372 g/mol. The summed E-state index contributed by atoms with van der Waals surface area (Å²) in [7, 11) is 2.09. The summed E-state index contributed by atoms with van der Waals surface area (Å²) in [6.07, 6.45) is 0.313. The molecule has 0 aliphatic rings. The fraction of sp³-hybridized carbons (Fsp3) is 0.263. The first-order valence-corrected chi connectivity index (χ1v) is 9.85. The number of aromatic nitrogens is 1. The van der Waals surface area contributed by atoms with E-state index in [4.69, 9.17) is 0 Å². The number of aryl methyl sites for hydroxylation is 1. The number of carbonyl (C=O) groups is 1. The monoisotopic (exact) mass is 371 g/mol. The average Bonchev–Trinajstić information content (AvgIpc) is 3.22. The number of nitrogens with zero attached hydrogens (tertiary/aromatic N) is 2. The van der Waals surface area contributed by atoms with Crippen molar-refractivity contribution in [1.29, 1.82) is 0 Å². The van der Waals surface area contributed by atoms with Crippen molar-refractivity contribution in [3.8, 4) is 0 Å². The lowest BCUT2D eigenvalue weighted by molar-refractivity contribution is -0.115. The van der Waals surface area contributed by atoms with Gasteiger partial charge in [-0.2, -0.15) is 0 Å². The van der Waals surface area contributed by atoms with Gasteiger partial charge in [0.05, 0.1) is 12.1 Å². The Bertz CT molecular complexity index is 810. The molecule has 0 aliphatic heterocycles. The minimum Gasteiger partial charge on any atom is -0.326 e. The van der Waals surface area contributed by atoms with Gasteiger partial charge in [0.2, 0.25) is 5.91 Å². The van der Waals surface area contributed by atoms with Crippen LogP contribution in [-0.2, 0) is 24.3 Å². The summed E-state index contributed by atoms with van der Waals surface area (Å²) < 4.78 is 0. The van der Waals surface area contributed by atoms with Gasteiger partial charge in [-0.25, -0.2) is 4.98 Å². The molecule has 0 bridgehead atoms. The summed E-state index contributed by atoms with van der Waals surface area (Å²) >= 11 is 3.31. The summed E-state index contributed by atoms with van der Waals surface area (Å²) in [5, 5.41) is 7.90. The highest BCUT2D eigenvalue weighted by Gasteiger charge is 2.10. The lowest BCUT2D eigenvalue weighted by Crippen LogP contribution is -2.17. The number of hydrogen-bond acceptors (Lipinski definition) is 5. The van der Waals surface area contributed by atoms with E-state index in [1.807, 2.05) is 36.6 Å². The van der Waals surface area contributed by atoms with Crippen LogP contribution >= 0.6 is 22.7 Å². The smallest absolute Gasteiger partial charge is 0.231 e. The molecule has 1 amide bonds. The highest BCUT2D eigenvalue weighted by atomic mass is 32.1. The predicted molar refractivity (Wildman–Crippen MR) is 105 cm³/mol. The third-order valence-corrected chi connectivity index (χ3v) is 5.44. The van der Waals surface area contributed by atoms with Gasteiger partial charge in [-0.1, -0.05) is 23.8 Å². The van der Waals surface area contributed by atoms with E-state index < -0.39 is 0 Å². The summed E-state index contributed by atoms with van der Waals surface area (Å²) in [6.45, 7) is 3.73. The zero-order valence-corrected chi connectivity index (χ0v) is 16.0. The van der Waals surface area contributed by atoms with E-state index in [2.05, 4.69) is 39.8 Å². The Hall–Kier alpha value is -2.02. The first-order chi connectivity index (χ1) is 12.1. The molecule has 0 atom stereocenters. The van der Waals surface area contributed by atoms with Crippen molar-refractivity contribution in [2.24, 2.45) is 0 Å². The van der Waals surface area contributed by atoms with Gasteiger partial charge in [0.1, 0.15) is 5.01 Å². The molecule has 3 rings (SSSR count). The summed E-state index contributed by atoms with van der Waals surface area (Å²) in [5.74, 6) is -0.0308. The van der Waals surface area contributed by atoms with Gasteiger partial charge < -0.3 is 5.32 Å². The highest BCUT2D eigenvalue weighted by Crippen LogP contribution is 2.16. The van der Waals surface area contributed by atoms with Gasteiger partial charge in [-0.15, -0.1) is 22.7 Å². The number of amides is 1. The van der Waals surface area contributed by atoms with E-state index in [-0.39, 0.29) is 5.91 Å². The van der Waals surface area contributed by atoms with Crippen molar-refractivity contribution in [3.05, 3.63) is 68.3 Å². The molecule has 0 saturated carbocycles. The van der Waals surface area contributed by atoms with Crippen LogP contribution in [0.5, 0.6) is 0 Å². The van der Waals surface area contributed by atoms with E-state index in [1.165, 1.54) is 10.4 Å². The molecule has 130 valence electrons. The number of anilines is 1. The molecular weight excluding hydrogens is 350 g/mol. The van der Waals surface area contributed by atoms with Crippen molar-refractivity contribution in [2.45, 2.75) is 26.4 Å². The zero-order valence-electron chi connectivity index (χ0n) is 14.4. The van der Waals surface area contributed by atoms with E-state index >= 15 is 0 Å². The topological polar surface area (TPSA) is 45.2 Å². The van der Waals surface area contributed by atoms with E-state index in [0.29, 0.717) is 6.42 Å². The van der Waals surface area contributed by atoms with Crippen LogP contribution in [0.2, 0.25) is 0 Å². The molecule has 1 N–H and O–H groups in total. The second kappa shape index (κ2) is 8.38. The molecule has 3 aromatic rings. The van der Waals surface area contributed by atoms with Crippen LogP contribution in [0.3, 0.4) is 0 Å². The van der Waals surface area contributed by atoms with Gasteiger partial charge >= 0.3 is 0 Å². The fourth-order valence-corrected chi connectivity index (χ4v) is 4.05. The Balaban J connectivity index is 1.50. The van der Waals surface area contributed by atoms with Gasteiger partial charge in [-0.3, -0.25) is 9.69 Å². The SMILES string of the molecule is Cc1ccc(NC(=O)Cc2nc(CN(C)Cc3cccs3)cs2)cc1. The Morgan fingerprint density at radius 3 is 2.68 bits per heavy atom. The van der Waals surface area contributed by atoms with Gasteiger partial charge in [-0.05, 0) is 37.6 Å². The van der Waals surface area contributed by atoms with Crippen molar-refractivity contribution in [3.63, 3.8) is 0 Å². The van der Waals surface area contributed by atoms with Crippen LogP contribution in [0.4, 0.5) is 5.69 Å². The van der Waals surface area contributed by atoms with Crippen molar-refractivity contribution in [2.75, 3.05) is 12.4 Å². The molecule has 6 heteroatoms. The van der Waals surface area contributed by atoms with E-state index in [0.717, 1.165) is 29.5 Å². The second-order valence-electron chi connectivity index (χ2n) is 6.08. The molecule has 2 heterocycles. The van der Waals surface area contributed by atoms with E-state index in [1.54, 1.807) is 22.7 Å². The lowest BCUT2D eigenvalue weighted by Gasteiger charge is -2.13. The van der Waals surface area contributed by atoms with Crippen LogP contribution < -0.4 is 5.32 Å². The van der Waals surface area contributed by atoms with Gasteiger partial charge in [0, 0.05) is 29.0 Å². The van der Waals surface area contributed by atoms with Crippen LogP contribution in [0.1, 0.15) is 21.1 Å². The molecule has 0 saturated heterocycles. The maximum atomic E-state index is 12.2. The molecule has 0 unspecified atom stereocenters. The van der Waals surface area contributed by atoms with Crippen LogP contribution in [0.25, 0.3) is 0 Å². The summed E-state index contributed by atoms with van der Waals surface area (Å²) in [6, 6.07) is 12.0. The molecular formula is C19H21N3OS2. The Kier molecular flexibility index (Phi) is 5.96. The van der Waals surface area contributed by atoms with Gasteiger partial charge in [0.15, 0.2) is 0 Å². The third-order valence-electron chi connectivity index (χ3n) is 3.68. The first kappa shape index (κ1) is 17.8. The second-order valence-corrected chi connectivity index (χ2v) is 8.05. The molecule has 25 heavy (non-hydrogen) atoms. The molecule has 2 aromatic heterocycles. The first-order valence-electron chi connectivity index (χ1n) is 8.09. The molecule has 1 aromatic carbocycles. The number of nitrogens with one attached hydrogen (secondary N) is 1. The zero-order chi connectivity index (χ0) is 17.6. The third kappa shape index (κ3) is 5.49. The summed E-state index contributed by atoms with van der Waals surface area (Å²) in [5.41, 5.74) is 3.01. The van der Waals surface area contributed by atoms with E-state index in [9.17, 15) is 4.79 Å². The normalized spacial score (nSPS) is 11.0. The van der Waals surface area contributed by atoms with Crippen LogP contribution in [-0.4, -0.2) is 22.8 Å². The number of thiazole rings is 1. The Morgan fingerprint density at radius 1 is 1.16 bits per heavy atom. The predicted octanol–water partition coefficient (Wildman–Crippen LogP) is 4.33. The van der Waals surface area contributed by atoms with Crippen molar-refractivity contribution < 1.29 is 4.79 Å². The molecule has 0 fully saturated rings. The number of benzene rings is 1. The molecule has 0 aliphatic carbocycles.